The van der Waals surface area contributed by atoms with Crippen molar-refractivity contribution in [2.45, 2.75) is 44.6 Å². The minimum atomic E-state index is -1.25. The largest absolute Gasteiger partial charge is 0.493 e. The number of carbonyl (C=O) groups excluding carboxylic acids is 1. The van der Waals surface area contributed by atoms with Crippen molar-refractivity contribution in [3.05, 3.63) is 42.2 Å². The number of hydrogen-bond acceptors (Lipinski definition) is 4. The first-order valence-electron chi connectivity index (χ1n) is 9.24. The van der Waals surface area contributed by atoms with Gasteiger partial charge >= 0.3 is 5.97 Å². The highest BCUT2D eigenvalue weighted by Crippen LogP contribution is 2.34. The second-order valence-electron chi connectivity index (χ2n) is 7.02. The fourth-order valence-electron chi connectivity index (χ4n) is 3.63. The molecule has 3 rings (SSSR count). The van der Waals surface area contributed by atoms with E-state index in [4.69, 9.17) is 4.74 Å². The smallest absolute Gasteiger partial charge is 0.329 e. The molecule has 0 unspecified atom stereocenters. The van der Waals surface area contributed by atoms with E-state index >= 15 is 0 Å². The maximum absolute atomic E-state index is 12.9. The quantitative estimate of drug-likeness (QED) is 0.814. The topological polar surface area (TPSA) is 93.5 Å². The molecule has 1 heterocycles. The summed E-state index contributed by atoms with van der Waals surface area (Å²) in [6, 6.07) is 9.35. The van der Waals surface area contributed by atoms with Gasteiger partial charge in [-0.3, -0.25) is 4.79 Å². The number of para-hydroxylation sites is 1. The lowest BCUT2D eigenvalue weighted by Crippen LogP contribution is -2.56. The minimum absolute atomic E-state index is 0.0830. The third-order valence-electron chi connectivity index (χ3n) is 5.43. The molecule has 1 saturated carbocycles. The van der Waals surface area contributed by atoms with Crippen LogP contribution in [0.25, 0.3) is 5.69 Å². The molecular weight excluding hydrogens is 346 g/mol. The Hall–Kier alpha value is -2.83. The van der Waals surface area contributed by atoms with Crippen molar-refractivity contribution < 1.29 is 19.4 Å². The first-order chi connectivity index (χ1) is 13.0. The van der Waals surface area contributed by atoms with E-state index in [-0.39, 0.29) is 5.69 Å². The number of ether oxygens (including phenoxy) is 1. The van der Waals surface area contributed by atoms with E-state index in [9.17, 15) is 14.7 Å². The van der Waals surface area contributed by atoms with Crippen LogP contribution in [0.4, 0.5) is 0 Å². The number of carboxylic acids is 1. The van der Waals surface area contributed by atoms with E-state index in [2.05, 4.69) is 17.3 Å². The predicted molar refractivity (Wildman–Crippen MR) is 100 cm³/mol. The normalized spacial score (nSPS) is 22.2. The molecule has 1 amide bonds. The Balaban J connectivity index is 1.84. The number of hydrogen-bond donors (Lipinski definition) is 2. The van der Waals surface area contributed by atoms with Gasteiger partial charge in [0, 0.05) is 0 Å². The molecule has 1 aliphatic rings. The van der Waals surface area contributed by atoms with Crippen LogP contribution in [0.1, 0.15) is 49.5 Å². The van der Waals surface area contributed by atoms with Crippen molar-refractivity contribution in [2.24, 2.45) is 5.92 Å². The molecule has 0 spiro atoms. The van der Waals surface area contributed by atoms with E-state index in [0.29, 0.717) is 24.5 Å². The molecule has 1 aromatic heterocycles. The molecule has 1 aromatic carbocycles. The lowest BCUT2D eigenvalue weighted by Gasteiger charge is -2.37. The second-order valence-corrected chi connectivity index (χ2v) is 7.02. The number of methoxy groups -OCH3 is 1. The number of carbonyl (C=O) groups is 2. The van der Waals surface area contributed by atoms with Gasteiger partial charge in [-0.1, -0.05) is 31.5 Å². The Kier molecular flexibility index (Phi) is 5.48. The van der Waals surface area contributed by atoms with Gasteiger partial charge in [0.1, 0.15) is 5.54 Å². The molecule has 0 bridgehead atoms. The Labute approximate surface area is 158 Å². The van der Waals surface area contributed by atoms with Crippen LogP contribution in [-0.4, -0.2) is 39.4 Å². The maximum atomic E-state index is 12.9. The third-order valence-corrected chi connectivity index (χ3v) is 5.43. The van der Waals surface area contributed by atoms with Crippen molar-refractivity contribution in [3.8, 4) is 11.4 Å². The molecule has 7 nitrogen and oxygen atoms in total. The summed E-state index contributed by atoms with van der Waals surface area (Å²) < 4.78 is 6.84. The molecule has 0 radical (unpaired) electrons. The SMILES string of the molecule is CCC1CCC(NC(=O)c2nn(-c3ccccc3)cc2OC)(C(=O)O)CC1. The Morgan fingerprint density at radius 3 is 2.52 bits per heavy atom. The number of aromatic nitrogens is 2. The number of benzene rings is 1. The summed E-state index contributed by atoms with van der Waals surface area (Å²) in [5.74, 6) is -0.703. The van der Waals surface area contributed by atoms with Gasteiger partial charge < -0.3 is 15.2 Å². The summed E-state index contributed by atoms with van der Waals surface area (Å²) in [4.78, 5) is 24.8. The van der Waals surface area contributed by atoms with E-state index in [1.54, 1.807) is 10.9 Å². The van der Waals surface area contributed by atoms with E-state index in [0.717, 1.165) is 24.9 Å². The van der Waals surface area contributed by atoms with Crippen molar-refractivity contribution in [1.29, 1.82) is 0 Å². The number of aliphatic carboxylic acids is 1. The van der Waals surface area contributed by atoms with E-state index in [1.165, 1.54) is 7.11 Å². The van der Waals surface area contributed by atoms with Crippen LogP contribution in [-0.2, 0) is 4.79 Å². The predicted octanol–water partition coefficient (Wildman–Crippen LogP) is 3.03. The van der Waals surface area contributed by atoms with Crippen molar-refractivity contribution in [1.82, 2.24) is 15.1 Å². The summed E-state index contributed by atoms with van der Waals surface area (Å²) in [5.41, 5.74) is -0.379. The molecule has 0 atom stereocenters. The van der Waals surface area contributed by atoms with Gasteiger partial charge in [0.25, 0.3) is 5.91 Å². The van der Waals surface area contributed by atoms with Crippen molar-refractivity contribution in [3.63, 3.8) is 0 Å². The van der Waals surface area contributed by atoms with Gasteiger partial charge in [-0.25, -0.2) is 9.48 Å². The number of nitrogens with one attached hydrogen (secondary N) is 1. The van der Waals surface area contributed by atoms with Crippen LogP contribution < -0.4 is 10.1 Å². The molecule has 144 valence electrons. The van der Waals surface area contributed by atoms with Crippen LogP contribution in [0, 0.1) is 5.92 Å². The van der Waals surface area contributed by atoms with Gasteiger partial charge in [0.2, 0.25) is 0 Å². The Bertz CT molecular complexity index is 808. The molecular formula is C20H25N3O4. The lowest BCUT2D eigenvalue weighted by atomic mass is 9.75. The summed E-state index contributed by atoms with van der Waals surface area (Å²) in [7, 11) is 1.46. The second kappa shape index (κ2) is 7.82. The van der Waals surface area contributed by atoms with Gasteiger partial charge in [0.05, 0.1) is 19.0 Å². The summed E-state index contributed by atoms with van der Waals surface area (Å²) in [6.45, 7) is 2.11. The maximum Gasteiger partial charge on any atom is 0.329 e. The monoisotopic (exact) mass is 371 g/mol. The zero-order chi connectivity index (χ0) is 19.4. The average Bonchev–Trinajstić information content (AvgIpc) is 3.14. The summed E-state index contributed by atoms with van der Waals surface area (Å²) in [5, 5.41) is 16.8. The summed E-state index contributed by atoms with van der Waals surface area (Å²) >= 11 is 0. The molecule has 0 aliphatic heterocycles. The fourth-order valence-corrected chi connectivity index (χ4v) is 3.63. The number of rotatable bonds is 6. The van der Waals surface area contributed by atoms with Gasteiger partial charge in [0.15, 0.2) is 11.4 Å². The zero-order valence-electron chi connectivity index (χ0n) is 15.6. The highest BCUT2D eigenvalue weighted by molar-refractivity contribution is 5.98. The highest BCUT2D eigenvalue weighted by Gasteiger charge is 2.43. The fraction of sp³-hybridized carbons (Fsp3) is 0.450. The zero-order valence-corrected chi connectivity index (χ0v) is 15.6. The van der Waals surface area contributed by atoms with Gasteiger partial charge in [-0.05, 0) is 43.7 Å². The van der Waals surface area contributed by atoms with Crippen LogP contribution in [0.2, 0.25) is 0 Å². The Morgan fingerprint density at radius 1 is 1.30 bits per heavy atom. The number of nitrogens with zero attached hydrogens (tertiary/aromatic N) is 2. The highest BCUT2D eigenvalue weighted by atomic mass is 16.5. The van der Waals surface area contributed by atoms with E-state index < -0.39 is 17.4 Å². The first-order valence-corrected chi connectivity index (χ1v) is 9.24. The van der Waals surface area contributed by atoms with Crippen LogP contribution in [0.3, 0.4) is 0 Å². The van der Waals surface area contributed by atoms with Gasteiger partial charge in [-0.2, -0.15) is 5.10 Å². The van der Waals surface area contributed by atoms with E-state index in [1.807, 2.05) is 30.3 Å². The minimum Gasteiger partial charge on any atom is -0.493 e. The lowest BCUT2D eigenvalue weighted by molar-refractivity contribution is -0.146. The van der Waals surface area contributed by atoms with Crippen LogP contribution in [0.5, 0.6) is 5.75 Å². The van der Waals surface area contributed by atoms with Crippen LogP contribution >= 0.6 is 0 Å². The molecule has 0 saturated heterocycles. The van der Waals surface area contributed by atoms with Crippen LogP contribution in [0.15, 0.2) is 36.5 Å². The molecule has 1 aliphatic carbocycles. The molecule has 7 heteroatoms. The summed E-state index contributed by atoms with van der Waals surface area (Å²) in [6.07, 6.45) is 5.07. The Morgan fingerprint density at radius 2 is 1.96 bits per heavy atom. The standard InChI is InChI=1S/C20H25N3O4/c1-3-14-9-11-20(12-10-14,19(25)26)21-18(24)17-16(27-2)13-23(22-17)15-7-5-4-6-8-15/h4-8,13-14H,3,9-12H2,1-2H3,(H,21,24)(H,25,26). The van der Waals surface area contributed by atoms with Gasteiger partial charge in [-0.15, -0.1) is 0 Å². The molecule has 2 aromatic rings. The molecule has 1 fully saturated rings. The van der Waals surface area contributed by atoms with Crippen molar-refractivity contribution >= 4 is 11.9 Å². The molecule has 2 N–H and O–H groups in total. The number of carboxylic acid groups (broad SMARTS) is 1. The first kappa shape index (κ1) is 18.9. The van der Waals surface area contributed by atoms with Crippen molar-refractivity contribution in [2.75, 3.05) is 7.11 Å². The average molecular weight is 371 g/mol. The number of amides is 1. The third kappa shape index (κ3) is 3.82. The molecule has 27 heavy (non-hydrogen) atoms.